The summed E-state index contributed by atoms with van der Waals surface area (Å²) in [6.45, 7) is 0. The first-order chi connectivity index (χ1) is 13.7. The van der Waals surface area contributed by atoms with E-state index in [9.17, 15) is 0 Å². The number of hydrogen-bond acceptors (Lipinski definition) is 4. The lowest BCUT2D eigenvalue weighted by Gasteiger charge is -2.09. The van der Waals surface area contributed by atoms with E-state index in [1.807, 2.05) is 58.6 Å². The molecule has 1 heterocycles. The van der Waals surface area contributed by atoms with E-state index >= 15 is 0 Å². The molecule has 140 valence electrons. The van der Waals surface area contributed by atoms with Gasteiger partial charge in [0.05, 0.1) is 11.0 Å². The number of amidine groups is 1. The fourth-order valence-electron chi connectivity index (χ4n) is 3.10. The number of aromatic nitrogens is 2. The predicted molar refractivity (Wildman–Crippen MR) is 110 cm³/mol. The van der Waals surface area contributed by atoms with Crippen molar-refractivity contribution in [1.82, 2.24) is 15.0 Å². The minimum absolute atomic E-state index is 0.0718. The third kappa shape index (κ3) is 3.43. The van der Waals surface area contributed by atoms with Crippen LogP contribution in [0.25, 0.3) is 27.8 Å². The predicted octanol–water partition coefficient (Wildman–Crippen LogP) is 4.57. The molecule has 3 aromatic carbocycles. The zero-order valence-electron chi connectivity index (χ0n) is 14.8. The van der Waals surface area contributed by atoms with Gasteiger partial charge in [0.2, 0.25) is 0 Å². The van der Waals surface area contributed by atoms with Gasteiger partial charge in [-0.1, -0.05) is 35.9 Å². The van der Waals surface area contributed by atoms with Crippen LogP contribution in [0.5, 0.6) is 5.75 Å². The van der Waals surface area contributed by atoms with Crippen molar-refractivity contribution in [1.29, 1.82) is 5.41 Å². The number of hydrogen-bond donors (Lipinski definition) is 3. The summed E-state index contributed by atoms with van der Waals surface area (Å²) in [4.78, 5) is 4.44. The second kappa shape index (κ2) is 7.72. The van der Waals surface area contributed by atoms with Crippen LogP contribution in [0.3, 0.4) is 0 Å². The molecule has 28 heavy (non-hydrogen) atoms. The first-order valence-electron chi connectivity index (χ1n) is 8.55. The SMILES string of the molecule is N=C(NO)c1ccc2c(c1)ncn2-c1cccc(-c2cccc(OCCl)c2)c1. The molecule has 0 saturated heterocycles. The molecule has 0 fully saturated rings. The van der Waals surface area contributed by atoms with Gasteiger partial charge in [0.15, 0.2) is 6.07 Å². The van der Waals surface area contributed by atoms with Gasteiger partial charge in [-0.05, 0) is 53.6 Å². The molecule has 4 rings (SSSR count). The number of nitrogens with one attached hydrogen (secondary N) is 2. The van der Waals surface area contributed by atoms with Crippen molar-refractivity contribution in [3.8, 4) is 22.6 Å². The van der Waals surface area contributed by atoms with Gasteiger partial charge in [-0.15, -0.1) is 0 Å². The van der Waals surface area contributed by atoms with Gasteiger partial charge in [-0.2, -0.15) is 0 Å². The van der Waals surface area contributed by atoms with Gasteiger partial charge in [-0.25, -0.2) is 4.98 Å². The van der Waals surface area contributed by atoms with E-state index in [4.69, 9.17) is 27.0 Å². The molecule has 0 spiro atoms. The van der Waals surface area contributed by atoms with Gasteiger partial charge in [0, 0.05) is 11.3 Å². The lowest BCUT2D eigenvalue weighted by molar-refractivity contribution is 0.234. The molecular weight excluding hydrogens is 376 g/mol. The average Bonchev–Trinajstić information content (AvgIpc) is 3.17. The molecule has 3 N–H and O–H groups in total. The van der Waals surface area contributed by atoms with Crippen molar-refractivity contribution in [3.05, 3.63) is 78.6 Å². The van der Waals surface area contributed by atoms with Crippen LogP contribution < -0.4 is 10.2 Å². The highest BCUT2D eigenvalue weighted by Crippen LogP contribution is 2.27. The summed E-state index contributed by atoms with van der Waals surface area (Å²) in [5.41, 5.74) is 7.09. The van der Waals surface area contributed by atoms with Crippen LogP contribution in [0.15, 0.2) is 73.1 Å². The van der Waals surface area contributed by atoms with E-state index in [1.54, 1.807) is 18.5 Å². The molecule has 0 aliphatic heterocycles. The number of ether oxygens (including phenoxy) is 1. The Balaban J connectivity index is 1.74. The van der Waals surface area contributed by atoms with E-state index in [0.29, 0.717) is 5.56 Å². The Morgan fingerprint density at radius 1 is 1.07 bits per heavy atom. The summed E-state index contributed by atoms with van der Waals surface area (Å²) in [6, 6.07) is 21.4. The lowest BCUT2D eigenvalue weighted by atomic mass is 10.0. The Bertz CT molecular complexity index is 1160. The molecular formula is C21H17ClN4O2. The minimum Gasteiger partial charge on any atom is -0.478 e. The molecule has 7 heteroatoms. The van der Waals surface area contributed by atoms with E-state index < -0.39 is 0 Å². The van der Waals surface area contributed by atoms with Crippen LogP contribution in [-0.2, 0) is 0 Å². The van der Waals surface area contributed by atoms with Crippen LogP contribution in [-0.4, -0.2) is 26.7 Å². The zero-order chi connectivity index (χ0) is 19.5. The van der Waals surface area contributed by atoms with E-state index in [-0.39, 0.29) is 11.9 Å². The van der Waals surface area contributed by atoms with Gasteiger partial charge >= 0.3 is 0 Å². The number of imidazole rings is 1. The van der Waals surface area contributed by atoms with Crippen molar-refractivity contribution < 1.29 is 9.94 Å². The van der Waals surface area contributed by atoms with Crippen molar-refractivity contribution >= 4 is 28.5 Å². The largest absolute Gasteiger partial charge is 0.478 e. The topological polar surface area (TPSA) is 83.2 Å². The van der Waals surface area contributed by atoms with E-state index in [0.717, 1.165) is 33.6 Å². The number of alkyl halides is 1. The lowest BCUT2D eigenvalue weighted by Crippen LogP contribution is -2.18. The van der Waals surface area contributed by atoms with Crippen LogP contribution in [0.4, 0.5) is 0 Å². The van der Waals surface area contributed by atoms with Crippen LogP contribution >= 0.6 is 11.6 Å². The molecule has 0 aliphatic rings. The van der Waals surface area contributed by atoms with Gasteiger partial charge < -0.3 is 4.74 Å². The zero-order valence-corrected chi connectivity index (χ0v) is 15.5. The second-order valence-corrected chi connectivity index (χ2v) is 6.35. The van der Waals surface area contributed by atoms with Crippen molar-refractivity contribution in [2.75, 3.05) is 6.07 Å². The Morgan fingerprint density at radius 2 is 1.86 bits per heavy atom. The summed E-state index contributed by atoms with van der Waals surface area (Å²) >= 11 is 5.66. The third-order valence-corrected chi connectivity index (χ3v) is 4.57. The number of hydroxylamine groups is 1. The van der Waals surface area contributed by atoms with Gasteiger partial charge in [0.25, 0.3) is 0 Å². The standard InChI is InChI=1S/C21H17ClN4O2/c22-12-28-18-6-2-4-15(10-18)14-3-1-5-17(9-14)26-13-24-19-11-16(21(23)25-27)7-8-20(19)26/h1-11,13,27H,12H2,(H2,23,25). The highest BCUT2D eigenvalue weighted by Gasteiger charge is 2.09. The molecule has 0 amide bonds. The Kier molecular flexibility index (Phi) is 4.97. The molecule has 4 aromatic rings. The van der Waals surface area contributed by atoms with Crippen molar-refractivity contribution in [2.24, 2.45) is 0 Å². The number of halogens is 1. The monoisotopic (exact) mass is 392 g/mol. The normalized spacial score (nSPS) is 10.8. The summed E-state index contributed by atoms with van der Waals surface area (Å²) < 4.78 is 7.36. The summed E-state index contributed by atoms with van der Waals surface area (Å²) in [6.07, 6.45) is 1.75. The molecule has 0 saturated carbocycles. The molecule has 0 unspecified atom stereocenters. The van der Waals surface area contributed by atoms with Crippen LogP contribution in [0, 0.1) is 5.41 Å². The number of benzene rings is 3. The van der Waals surface area contributed by atoms with Crippen molar-refractivity contribution in [3.63, 3.8) is 0 Å². The molecule has 0 aliphatic carbocycles. The molecule has 0 radical (unpaired) electrons. The van der Waals surface area contributed by atoms with E-state index in [1.165, 1.54) is 0 Å². The van der Waals surface area contributed by atoms with Crippen LogP contribution in [0.1, 0.15) is 5.56 Å². The second-order valence-electron chi connectivity index (χ2n) is 6.14. The fraction of sp³-hybridized carbons (Fsp3) is 0.0476. The van der Waals surface area contributed by atoms with Gasteiger partial charge in [-0.3, -0.25) is 20.7 Å². The Labute approximate surface area is 166 Å². The maximum absolute atomic E-state index is 8.92. The smallest absolute Gasteiger partial charge is 0.162 e. The third-order valence-electron chi connectivity index (χ3n) is 4.46. The quantitative estimate of drug-likeness (QED) is 0.201. The fourth-order valence-corrected chi connectivity index (χ4v) is 3.23. The first-order valence-corrected chi connectivity index (χ1v) is 9.09. The molecule has 1 aromatic heterocycles. The van der Waals surface area contributed by atoms with E-state index in [2.05, 4.69) is 11.1 Å². The maximum atomic E-state index is 8.92. The molecule has 0 bridgehead atoms. The van der Waals surface area contributed by atoms with Gasteiger partial charge in [0.1, 0.15) is 17.9 Å². The average molecular weight is 393 g/mol. The highest BCUT2D eigenvalue weighted by molar-refractivity contribution is 6.17. The number of rotatable bonds is 5. The Hall–Kier alpha value is -3.35. The summed E-state index contributed by atoms with van der Waals surface area (Å²) in [7, 11) is 0. The van der Waals surface area contributed by atoms with Crippen LogP contribution in [0.2, 0.25) is 0 Å². The summed E-state index contributed by atoms with van der Waals surface area (Å²) in [5, 5.41) is 16.6. The number of nitrogens with zero attached hydrogens (tertiary/aromatic N) is 2. The first kappa shape index (κ1) is 18.0. The Morgan fingerprint density at radius 3 is 2.64 bits per heavy atom. The maximum Gasteiger partial charge on any atom is 0.162 e. The number of fused-ring (bicyclic) bond motifs is 1. The molecule has 6 nitrogen and oxygen atoms in total. The van der Waals surface area contributed by atoms with Crippen molar-refractivity contribution in [2.45, 2.75) is 0 Å². The highest BCUT2D eigenvalue weighted by atomic mass is 35.5. The molecule has 0 atom stereocenters. The summed E-state index contributed by atoms with van der Waals surface area (Å²) in [5.74, 6) is 0.649. The minimum atomic E-state index is -0.0718.